The first-order valence-electron chi connectivity index (χ1n) is 7.82. The lowest BCUT2D eigenvalue weighted by Gasteiger charge is -2.19. The Labute approximate surface area is 120 Å². The Morgan fingerprint density at radius 2 is 1.42 bits per heavy atom. The van der Waals surface area contributed by atoms with Crippen LogP contribution < -0.4 is 0 Å². The Kier molecular flexibility index (Phi) is 12.8. The second-order valence-corrected chi connectivity index (χ2v) is 5.63. The molecule has 0 aromatic heterocycles. The van der Waals surface area contributed by atoms with Crippen molar-refractivity contribution in [3.05, 3.63) is 0 Å². The Hall–Kier alpha value is -0.120. The fourth-order valence-corrected chi connectivity index (χ4v) is 1.67. The van der Waals surface area contributed by atoms with Crippen molar-refractivity contribution in [2.24, 2.45) is 11.8 Å². The topological polar surface area (TPSA) is 27.7 Å². The molecule has 0 bridgehead atoms. The van der Waals surface area contributed by atoms with Crippen LogP contribution in [0.2, 0.25) is 0 Å². The van der Waals surface area contributed by atoms with Crippen LogP contribution in [0.1, 0.15) is 53.4 Å². The average molecular weight is 274 g/mol. The largest absolute Gasteiger partial charge is 0.382 e. The molecule has 0 heterocycles. The fraction of sp³-hybridized carbons (Fsp3) is 1.00. The van der Waals surface area contributed by atoms with E-state index in [2.05, 4.69) is 27.7 Å². The van der Waals surface area contributed by atoms with Crippen molar-refractivity contribution >= 4 is 0 Å². The summed E-state index contributed by atoms with van der Waals surface area (Å²) >= 11 is 0. The van der Waals surface area contributed by atoms with Gasteiger partial charge in [-0.3, -0.25) is 0 Å². The van der Waals surface area contributed by atoms with Gasteiger partial charge in [0.1, 0.15) is 6.10 Å². The number of hydrogen-bond donors (Lipinski definition) is 0. The molecule has 0 amide bonds. The molecule has 3 atom stereocenters. The monoisotopic (exact) mass is 274 g/mol. The van der Waals surface area contributed by atoms with E-state index in [1.807, 2.05) is 0 Å². The van der Waals surface area contributed by atoms with E-state index in [0.717, 1.165) is 37.9 Å². The quantitative estimate of drug-likeness (QED) is 0.477. The summed E-state index contributed by atoms with van der Waals surface area (Å²) in [4.78, 5) is 0. The third-order valence-corrected chi connectivity index (χ3v) is 3.77. The molecular weight excluding hydrogens is 240 g/mol. The molecule has 0 saturated carbocycles. The molecule has 116 valence electrons. The van der Waals surface area contributed by atoms with Crippen molar-refractivity contribution in [2.75, 3.05) is 33.5 Å². The van der Waals surface area contributed by atoms with E-state index in [-0.39, 0.29) is 6.10 Å². The van der Waals surface area contributed by atoms with Gasteiger partial charge in [0, 0.05) is 20.3 Å². The van der Waals surface area contributed by atoms with Crippen LogP contribution >= 0.6 is 0 Å². The molecule has 0 aromatic rings. The molecule has 0 radical (unpaired) electrons. The summed E-state index contributed by atoms with van der Waals surface area (Å²) in [6.45, 7) is 11.8. The van der Waals surface area contributed by atoms with Crippen LogP contribution in [0.3, 0.4) is 0 Å². The highest BCUT2D eigenvalue weighted by molar-refractivity contribution is 4.57. The summed E-state index contributed by atoms with van der Waals surface area (Å²) < 4.78 is 16.7. The predicted molar refractivity (Wildman–Crippen MR) is 80.6 cm³/mol. The van der Waals surface area contributed by atoms with Gasteiger partial charge >= 0.3 is 0 Å². The highest BCUT2D eigenvalue weighted by Crippen LogP contribution is 2.09. The van der Waals surface area contributed by atoms with Gasteiger partial charge in [0.2, 0.25) is 0 Å². The second-order valence-electron chi connectivity index (χ2n) is 5.63. The van der Waals surface area contributed by atoms with Gasteiger partial charge in [-0.25, -0.2) is 0 Å². The van der Waals surface area contributed by atoms with Crippen molar-refractivity contribution < 1.29 is 14.2 Å². The third kappa shape index (κ3) is 11.4. The molecule has 0 aromatic carbocycles. The summed E-state index contributed by atoms with van der Waals surface area (Å²) in [5.41, 5.74) is 0. The van der Waals surface area contributed by atoms with Crippen molar-refractivity contribution in [1.29, 1.82) is 0 Å². The Morgan fingerprint density at radius 3 is 1.95 bits per heavy atom. The molecule has 3 nitrogen and oxygen atoms in total. The minimum atomic E-state index is 0.0750. The molecule has 0 rings (SSSR count). The summed E-state index contributed by atoms with van der Waals surface area (Å²) in [7, 11) is 1.71. The molecule has 3 unspecified atom stereocenters. The molecule has 0 fully saturated rings. The molecule has 0 aliphatic heterocycles. The van der Waals surface area contributed by atoms with E-state index < -0.39 is 0 Å². The lowest BCUT2D eigenvalue weighted by atomic mass is 10.1. The van der Waals surface area contributed by atoms with Crippen LogP contribution in [0.15, 0.2) is 0 Å². The van der Waals surface area contributed by atoms with Crippen LogP contribution in [0.25, 0.3) is 0 Å². The first-order chi connectivity index (χ1) is 9.13. The maximum absolute atomic E-state index is 5.84. The molecule has 0 saturated heterocycles. The first kappa shape index (κ1) is 18.9. The smallest absolute Gasteiger partial charge is 0.104 e. The van der Waals surface area contributed by atoms with Crippen molar-refractivity contribution in [3.63, 3.8) is 0 Å². The zero-order valence-electron chi connectivity index (χ0n) is 13.6. The Balaban J connectivity index is 3.67. The van der Waals surface area contributed by atoms with Gasteiger partial charge in [-0.1, -0.05) is 40.5 Å². The van der Waals surface area contributed by atoms with E-state index >= 15 is 0 Å². The SMILES string of the molecule is CCC(C)CCOCC(COC)OCCC(C)CC. The molecule has 3 heteroatoms. The molecule has 0 aliphatic rings. The van der Waals surface area contributed by atoms with Crippen LogP contribution in [-0.2, 0) is 14.2 Å². The number of ether oxygens (including phenoxy) is 3. The highest BCUT2D eigenvalue weighted by Gasteiger charge is 2.10. The summed E-state index contributed by atoms with van der Waals surface area (Å²) in [5.74, 6) is 1.47. The Morgan fingerprint density at radius 1 is 0.842 bits per heavy atom. The van der Waals surface area contributed by atoms with Gasteiger partial charge < -0.3 is 14.2 Å². The van der Waals surface area contributed by atoms with Gasteiger partial charge in [0.15, 0.2) is 0 Å². The summed E-state index contributed by atoms with van der Waals surface area (Å²) in [5, 5.41) is 0. The van der Waals surface area contributed by atoms with Gasteiger partial charge in [-0.05, 0) is 24.7 Å². The van der Waals surface area contributed by atoms with Gasteiger partial charge in [0.05, 0.1) is 13.2 Å². The van der Waals surface area contributed by atoms with E-state index in [1.54, 1.807) is 7.11 Å². The predicted octanol–water partition coefficient (Wildman–Crippen LogP) is 3.91. The van der Waals surface area contributed by atoms with Crippen LogP contribution in [0, 0.1) is 11.8 Å². The second kappa shape index (κ2) is 12.9. The van der Waals surface area contributed by atoms with Crippen molar-refractivity contribution in [2.45, 2.75) is 59.5 Å². The minimum Gasteiger partial charge on any atom is -0.382 e. The molecule has 0 aliphatic carbocycles. The molecule has 19 heavy (non-hydrogen) atoms. The first-order valence-corrected chi connectivity index (χ1v) is 7.82. The highest BCUT2D eigenvalue weighted by atomic mass is 16.6. The van der Waals surface area contributed by atoms with Crippen LogP contribution in [0.5, 0.6) is 0 Å². The third-order valence-electron chi connectivity index (χ3n) is 3.77. The lowest BCUT2D eigenvalue weighted by molar-refractivity contribution is -0.0553. The van der Waals surface area contributed by atoms with Gasteiger partial charge in [0.25, 0.3) is 0 Å². The van der Waals surface area contributed by atoms with Crippen molar-refractivity contribution in [3.8, 4) is 0 Å². The maximum atomic E-state index is 5.84. The maximum Gasteiger partial charge on any atom is 0.104 e. The van der Waals surface area contributed by atoms with E-state index in [4.69, 9.17) is 14.2 Å². The van der Waals surface area contributed by atoms with E-state index in [0.29, 0.717) is 13.2 Å². The molecule has 0 spiro atoms. The number of hydrogen-bond acceptors (Lipinski definition) is 3. The fourth-order valence-electron chi connectivity index (χ4n) is 1.67. The summed E-state index contributed by atoms with van der Waals surface area (Å²) in [6.07, 6.45) is 4.75. The molecule has 0 N–H and O–H groups in total. The van der Waals surface area contributed by atoms with Crippen LogP contribution in [-0.4, -0.2) is 39.6 Å². The van der Waals surface area contributed by atoms with Crippen LogP contribution in [0.4, 0.5) is 0 Å². The Bertz CT molecular complexity index is 185. The zero-order valence-corrected chi connectivity index (χ0v) is 13.6. The standard InChI is InChI=1S/C16H34O3/c1-6-14(3)8-10-18-13-16(12-17-5)19-11-9-15(4)7-2/h14-16H,6-13H2,1-5H3. The minimum absolute atomic E-state index is 0.0750. The number of rotatable bonds is 13. The van der Waals surface area contributed by atoms with Gasteiger partial charge in [-0.2, -0.15) is 0 Å². The van der Waals surface area contributed by atoms with E-state index in [9.17, 15) is 0 Å². The number of methoxy groups -OCH3 is 1. The summed E-state index contributed by atoms with van der Waals surface area (Å²) in [6, 6.07) is 0. The van der Waals surface area contributed by atoms with E-state index in [1.165, 1.54) is 12.8 Å². The lowest BCUT2D eigenvalue weighted by Crippen LogP contribution is -2.26. The zero-order chi connectivity index (χ0) is 14.5. The average Bonchev–Trinajstić information content (AvgIpc) is 2.42. The van der Waals surface area contributed by atoms with Crippen molar-refractivity contribution in [1.82, 2.24) is 0 Å². The molecular formula is C16H34O3. The van der Waals surface area contributed by atoms with Gasteiger partial charge in [-0.15, -0.1) is 0 Å². The normalized spacial score (nSPS) is 16.3.